The van der Waals surface area contributed by atoms with Crippen molar-refractivity contribution in [2.45, 2.75) is 122 Å². The van der Waals surface area contributed by atoms with Crippen molar-refractivity contribution in [2.75, 3.05) is 31.3 Å². The third-order valence-corrected chi connectivity index (χ3v) is 6.67. The third-order valence-electron chi connectivity index (χ3n) is 5.47. The average Bonchev–Trinajstić information content (AvgIpc) is 2.76. The smallest absolute Gasteiger partial charge is 0.321 e. The van der Waals surface area contributed by atoms with Crippen molar-refractivity contribution in [3.05, 3.63) is 0 Å². The maximum absolute atomic E-state index is 10.9. The predicted octanol–water partition coefficient (Wildman–Crippen LogP) is 6.42. The lowest BCUT2D eigenvalue weighted by atomic mass is 10.1. The highest BCUT2D eigenvalue weighted by atomic mass is 32.2. The Morgan fingerprint density at radius 1 is 0.774 bits per heavy atom. The van der Waals surface area contributed by atoms with Gasteiger partial charge in [0.25, 0.3) is 0 Å². The number of hydrogen-bond donors (Lipinski definition) is 2. The van der Waals surface area contributed by atoms with Gasteiger partial charge in [0.05, 0.1) is 12.7 Å². The summed E-state index contributed by atoms with van der Waals surface area (Å²) >= 11 is 1.54. The number of nitrogens with two attached hydrogens (primary N) is 1. The highest BCUT2D eigenvalue weighted by molar-refractivity contribution is 7.99. The van der Waals surface area contributed by atoms with Crippen molar-refractivity contribution in [1.82, 2.24) is 0 Å². The van der Waals surface area contributed by atoms with Crippen molar-refractivity contribution in [3.63, 3.8) is 0 Å². The molecular formula is C25H51NO4S. The number of ether oxygens (including phenoxy) is 2. The van der Waals surface area contributed by atoms with Crippen molar-refractivity contribution in [2.24, 2.45) is 5.73 Å². The van der Waals surface area contributed by atoms with Gasteiger partial charge in [-0.1, -0.05) is 97.3 Å². The molecule has 0 aliphatic carbocycles. The van der Waals surface area contributed by atoms with Gasteiger partial charge in [-0.25, -0.2) is 0 Å². The van der Waals surface area contributed by atoms with Crippen LogP contribution in [0, 0.1) is 0 Å². The van der Waals surface area contributed by atoms with Crippen LogP contribution in [0.15, 0.2) is 0 Å². The number of rotatable bonds is 25. The largest absolute Gasteiger partial charge is 0.480 e. The number of carboxylic acids is 1. The molecular weight excluding hydrogens is 410 g/mol. The lowest BCUT2D eigenvalue weighted by Gasteiger charge is -2.18. The first kappa shape index (κ1) is 30.7. The molecule has 2 atom stereocenters. The fourth-order valence-electron chi connectivity index (χ4n) is 3.40. The minimum Gasteiger partial charge on any atom is -0.480 e. The van der Waals surface area contributed by atoms with Gasteiger partial charge >= 0.3 is 5.97 Å². The standard InChI is InChI=1S/C25H51NO4S/c1-3-5-7-8-9-10-11-12-13-14-15-17-19-30-23(20-29-18-16-6-4-2)21-31-22-24(26)25(27)28/h23-24H,3-22,26H2,1-2H3,(H,27,28)/t23?,24-/m0/s1. The molecule has 0 rings (SSSR count). The Bertz CT molecular complexity index is 385. The Morgan fingerprint density at radius 2 is 1.26 bits per heavy atom. The van der Waals surface area contributed by atoms with Crippen LogP contribution >= 0.6 is 11.8 Å². The van der Waals surface area contributed by atoms with Crippen molar-refractivity contribution in [3.8, 4) is 0 Å². The van der Waals surface area contributed by atoms with E-state index in [4.69, 9.17) is 20.3 Å². The SMILES string of the molecule is CCCCCCCCCCCCCCOC(COCCCCC)CSC[C@H](N)C(=O)O. The van der Waals surface area contributed by atoms with E-state index in [0.717, 1.165) is 31.8 Å². The van der Waals surface area contributed by atoms with Crippen molar-refractivity contribution in [1.29, 1.82) is 0 Å². The summed E-state index contributed by atoms with van der Waals surface area (Å²) in [5.41, 5.74) is 5.59. The monoisotopic (exact) mass is 461 g/mol. The first-order chi connectivity index (χ1) is 15.1. The first-order valence-corrected chi connectivity index (χ1v) is 14.0. The van der Waals surface area contributed by atoms with Gasteiger partial charge in [-0.15, -0.1) is 0 Å². The van der Waals surface area contributed by atoms with E-state index >= 15 is 0 Å². The van der Waals surface area contributed by atoms with Crippen LogP contribution in [0.3, 0.4) is 0 Å². The van der Waals surface area contributed by atoms with Crippen LogP contribution in [0.2, 0.25) is 0 Å². The summed E-state index contributed by atoms with van der Waals surface area (Å²) in [5, 5.41) is 8.91. The summed E-state index contributed by atoms with van der Waals surface area (Å²) < 4.78 is 11.8. The summed E-state index contributed by atoms with van der Waals surface area (Å²) in [7, 11) is 0. The Balaban J connectivity index is 3.75. The Morgan fingerprint density at radius 3 is 1.81 bits per heavy atom. The Labute approximate surface area is 196 Å². The van der Waals surface area contributed by atoms with Gasteiger partial charge in [-0.05, 0) is 12.8 Å². The van der Waals surface area contributed by atoms with Gasteiger partial charge in [0.15, 0.2) is 0 Å². The van der Waals surface area contributed by atoms with Gasteiger partial charge in [-0.2, -0.15) is 11.8 Å². The van der Waals surface area contributed by atoms with Crippen LogP contribution in [0.25, 0.3) is 0 Å². The zero-order chi connectivity index (χ0) is 23.0. The van der Waals surface area contributed by atoms with Gasteiger partial charge in [-0.3, -0.25) is 4.79 Å². The Kier molecular flexibility index (Phi) is 24.1. The average molecular weight is 462 g/mol. The quantitative estimate of drug-likeness (QED) is 0.153. The van der Waals surface area contributed by atoms with Crippen molar-refractivity contribution >= 4 is 17.7 Å². The zero-order valence-electron chi connectivity index (χ0n) is 20.5. The fraction of sp³-hybridized carbons (Fsp3) is 0.960. The summed E-state index contributed by atoms with van der Waals surface area (Å²) in [5.74, 6) is 0.189. The molecule has 186 valence electrons. The van der Waals surface area contributed by atoms with E-state index in [1.807, 2.05) is 0 Å². The molecule has 0 bridgehead atoms. The lowest BCUT2D eigenvalue weighted by molar-refractivity contribution is -0.137. The molecule has 0 spiro atoms. The van der Waals surface area contributed by atoms with Crippen LogP contribution in [0.5, 0.6) is 0 Å². The molecule has 5 nitrogen and oxygen atoms in total. The number of hydrogen-bond acceptors (Lipinski definition) is 5. The molecule has 0 aromatic carbocycles. The molecule has 0 radical (unpaired) electrons. The molecule has 6 heteroatoms. The van der Waals surface area contributed by atoms with Crippen LogP contribution < -0.4 is 5.73 Å². The minimum atomic E-state index is -0.947. The fourth-order valence-corrected chi connectivity index (χ4v) is 4.39. The second-order valence-corrected chi connectivity index (χ2v) is 9.72. The molecule has 0 aromatic heterocycles. The zero-order valence-corrected chi connectivity index (χ0v) is 21.3. The van der Waals surface area contributed by atoms with E-state index in [2.05, 4.69) is 13.8 Å². The molecule has 0 aromatic rings. The van der Waals surface area contributed by atoms with Gasteiger partial charge in [0.1, 0.15) is 6.04 Å². The maximum Gasteiger partial charge on any atom is 0.321 e. The van der Waals surface area contributed by atoms with Gasteiger partial charge in [0, 0.05) is 24.7 Å². The Hall–Kier alpha value is -0.300. The van der Waals surface area contributed by atoms with Crippen LogP contribution in [0.4, 0.5) is 0 Å². The third kappa shape index (κ3) is 22.7. The second-order valence-electron chi connectivity index (χ2n) is 8.65. The normalized spacial score (nSPS) is 13.4. The van der Waals surface area contributed by atoms with E-state index in [1.165, 1.54) is 83.5 Å². The summed E-state index contributed by atoms with van der Waals surface area (Å²) in [6.07, 6.45) is 19.5. The summed E-state index contributed by atoms with van der Waals surface area (Å²) in [6, 6.07) is -0.813. The molecule has 31 heavy (non-hydrogen) atoms. The summed E-state index contributed by atoms with van der Waals surface area (Å²) in [6.45, 7) is 6.56. The second kappa shape index (κ2) is 24.3. The predicted molar refractivity (Wildman–Crippen MR) is 134 cm³/mol. The molecule has 0 aliphatic rings. The molecule has 1 unspecified atom stereocenters. The van der Waals surface area contributed by atoms with E-state index in [1.54, 1.807) is 11.8 Å². The topological polar surface area (TPSA) is 81.8 Å². The molecule has 0 fully saturated rings. The number of aliphatic carboxylic acids is 1. The molecule has 0 saturated carbocycles. The number of thioether (sulfide) groups is 1. The van der Waals surface area contributed by atoms with Gasteiger partial charge < -0.3 is 20.3 Å². The van der Waals surface area contributed by atoms with Crippen LogP contribution in [-0.4, -0.2) is 54.5 Å². The molecule has 0 heterocycles. The van der Waals surface area contributed by atoms with Crippen LogP contribution in [-0.2, 0) is 14.3 Å². The maximum atomic E-state index is 10.9. The first-order valence-electron chi connectivity index (χ1n) is 12.9. The molecule has 0 amide bonds. The number of unbranched alkanes of at least 4 members (excludes halogenated alkanes) is 13. The van der Waals surface area contributed by atoms with Gasteiger partial charge in [0.2, 0.25) is 0 Å². The number of carboxylic acid groups (broad SMARTS) is 1. The van der Waals surface area contributed by atoms with Crippen LogP contribution in [0.1, 0.15) is 110 Å². The minimum absolute atomic E-state index is 0.0142. The lowest BCUT2D eigenvalue weighted by Crippen LogP contribution is -2.33. The summed E-state index contributed by atoms with van der Waals surface area (Å²) in [4.78, 5) is 10.9. The van der Waals surface area contributed by atoms with Crippen molar-refractivity contribution < 1.29 is 19.4 Å². The van der Waals surface area contributed by atoms with E-state index in [0.29, 0.717) is 12.4 Å². The number of carbonyl (C=O) groups is 1. The van der Waals surface area contributed by atoms with E-state index < -0.39 is 12.0 Å². The highest BCUT2D eigenvalue weighted by Gasteiger charge is 2.14. The highest BCUT2D eigenvalue weighted by Crippen LogP contribution is 2.13. The molecule has 0 saturated heterocycles. The van der Waals surface area contributed by atoms with E-state index in [-0.39, 0.29) is 6.10 Å². The molecule has 0 aliphatic heterocycles. The van der Waals surface area contributed by atoms with E-state index in [9.17, 15) is 4.79 Å². The molecule has 3 N–H and O–H groups in total.